The van der Waals surface area contributed by atoms with Crippen LogP contribution < -0.4 is 5.73 Å². The van der Waals surface area contributed by atoms with Gasteiger partial charge in [0.2, 0.25) is 0 Å². The molecule has 1 aliphatic rings. The average Bonchev–Trinajstić information content (AvgIpc) is 2.47. The maximum atomic E-state index is 10.8. The molecule has 0 unspecified atom stereocenters. The maximum absolute atomic E-state index is 10.8. The molecule has 0 saturated heterocycles. The molecule has 12 heavy (non-hydrogen) atoms. The van der Waals surface area contributed by atoms with E-state index in [1.54, 1.807) is 0 Å². The van der Waals surface area contributed by atoms with Gasteiger partial charge in [-0.05, 0) is 25.2 Å². The van der Waals surface area contributed by atoms with E-state index in [4.69, 9.17) is 5.73 Å². The number of carbonyl (C=O) groups excluding carboxylic acids is 1. The molecule has 3 nitrogen and oxygen atoms in total. The van der Waals surface area contributed by atoms with Crippen molar-refractivity contribution in [2.24, 2.45) is 11.7 Å². The largest absolute Gasteiger partial charge is 0.469 e. The first kappa shape index (κ1) is 9.52. The van der Waals surface area contributed by atoms with E-state index >= 15 is 0 Å². The molecular weight excluding hydrogens is 154 g/mol. The number of methoxy groups -OCH3 is 1. The van der Waals surface area contributed by atoms with E-state index in [0.29, 0.717) is 18.4 Å². The van der Waals surface area contributed by atoms with Gasteiger partial charge in [-0.3, -0.25) is 4.79 Å². The van der Waals surface area contributed by atoms with Crippen LogP contribution in [-0.2, 0) is 9.53 Å². The number of hydrogen-bond donors (Lipinski definition) is 1. The SMILES string of the molecule is COC(=O)CC[C@H]1CCC[C@@H]1N. The Bertz CT molecular complexity index is 159. The highest BCUT2D eigenvalue weighted by atomic mass is 16.5. The first-order chi connectivity index (χ1) is 5.74. The lowest BCUT2D eigenvalue weighted by molar-refractivity contribution is -0.140. The van der Waals surface area contributed by atoms with E-state index in [1.807, 2.05) is 0 Å². The predicted octanol–water partition coefficient (Wildman–Crippen LogP) is 1.07. The Kier molecular flexibility index (Phi) is 3.53. The second-order valence-electron chi connectivity index (χ2n) is 3.47. The summed E-state index contributed by atoms with van der Waals surface area (Å²) in [6, 6.07) is 0.314. The Labute approximate surface area is 73.3 Å². The van der Waals surface area contributed by atoms with Gasteiger partial charge in [-0.15, -0.1) is 0 Å². The number of ether oxygens (including phenoxy) is 1. The fraction of sp³-hybridized carbons (Fsp3) is 0.889. The maximum Gasteiger partial charge on any atom is 0.305 e. The van der Waals surface area contributed by atoms with Crippen molar-refractivity contribution in [3.8, 4) is 0 Å². The van der Waals surface area contributed by atoms with Gasteiger partial charge >= 0.3 is 5.97 Å². The molecule has 0 radical (unpaired) electrons. The molecule has 0 amide bonds. The van der Waals surface area contributed by atoms with E-state index < -0.39 is 0 Å². The van der Waals surface area contributed by atoms with Gasteiger partial charge in [0, 0.05) is 12.5 Å². The zero-order valence-electron chi connectivity index (χ0n) is 7.58. The van der Waals surface area contributed by atoms with E-state index in [0.717, 1.165) is 12.8 Å². The Morgan fingerprint density at radius 2 is 2.33 bits per heavy atom. The molecule has 2 atom stereocenters. The van der Waals surface area contributed by atoms with Crippen molar-refractivity contribution in [1.82, 2.24) is 0 Å². The van der Waals surface area contributed by atoms with Crippen LogP contribution in [-0.4, -0.2) is 19.1 Å². The highest BCUT2D eigenvalue weighted by molar-refractivity contribution is 5.69. The van der Waals surface area contributed by atoms with Crippen molar-refractivity contribution in [1.29, 1.82) is 0 Å². The summed E-state index contributed by atoms with van der Waals surface area (Å²) in [5.41, 5.74) is 5.85. The third kappa shape index (κ3) is 2.48. The van der Waals surface area contributed by atoms with Gasteiger partial charge in [-0.1, -0.05) is 6.42 Å². The van der Waals surface area contributed by atoms with Gasteiger partial charge in [0.1, 0.15) is 0 Å². The molecule has 0 spiro atoms. The van der Waals surface area contributed by atoms with Gasteiger partial charge in [0.05, 0.1) is 7.11 Å². The summed E-state index contributed by atoms with van der Waals surface area (Å²) in [6.07, 6.45) is 4.93. The summed E-state index contributed by atoms with van der Waals surface area (Å²) >= 11 is 0. The van der Waals surface area contributed by atoms with Crippen molar-refractivity contribution in [3.63, 3.8) is 0 Å². The molecule has 70 valence electrons. The summed E-state index contributed by atoms with van der Waals surface area (Å²) in [5.74, 6) is 0.429. The fourth-order valence-electron chi connectivity index (χ4n) is 1.83. The molecule has 2 N–H and O–H groups in total. The Balaban J connectivity index is 2.18. The predicted molar refractivity (Wildman–Crippen MR) is 46.6 cm³/mol. The summed E-state index contributed by atoms with van der Waals surface area (Å²) in [6.45, 7) is 0. The van der Waals surface area contributed by atoms with Crippen LogP contribution in [0.1, 0.15) is 32.1 Å². The van der Waals surface area contributed by atoms with Crippen LogP contribution >= 0.6 is 0 Å². The lowest BCUT2D eigenvalue weighted by atomic mass is 9.98. The summed E-state index contributed by atoms with van der Waals surface area (Å²) in [5, 5.41) is 0. The zero-order valence-corrected chi connectivity index (χ0v) is 7.58. The van der Waals surface area contributed by atoms with E-state index in [2.05, 4.69) is 4.74 Å². The molecule has 0 heterocycles. The second-order valence-corrected chi connectivity index (χ2v) is 3.47. The van der Waals surface area contributed by atoms with E-state index in [1.165, 1.54) is 20.0 Å². The molecule has 1 aliphatic carbocycles. The molecule has 0 aromatic heterocycles. The molecular formula is C9H17NO2. The van der Waals surface area contributed by atoms with Crippen LogP contribution in [0.4, 0.5) is 0 Å². The zero-order chi connectivity index (χ0) is 8.97. The highest BCUT2D eigenvalue weighted by Gasteiger charge is 2.24. The van der Waals surface area contributed by atoms with Crippen LogP contribution in [0.15, 0.2) is 0 Å². The highest BCUT2D eigenvalue weighted by Crippen LogP contribution is 2.27. The number of nitrogens with two attached hydrogens (primary N) is 1. The van der Waals surface area contributed by atoms with Gasteiger partial charge < -0.3 is 10.5 Å². The topological polar surface area (TPSA) is 52.3 Å². The van der Waals surface area contributed by atoms with Crippen molar-refractivity contribution in [2.45, 2.75) is 38.1 Å². The van der Waals surface area contributed by atoms with Crippen LogP contribution in [0, 0.1) is 5.92 Å². The normalized spacial score (nSPS) is 28.8. The monoisotopic (exact) mass is 171 g/mol. The van der Waals surface area contributed by atoms with E-state index in [-0.39, 0.29) is 5.97 Å². The lowest BCUT2D eigenvalue weighted by Crippen LogP contribution is -2.24. The van der Waals surface area contributed by atoms with Crippen molar-refractivity contribution in [2.75, 3.05) is 7.11 Å². The quantitative estimate of drug-likeness (QED) is 0.646. The molecule has 1 rings (SSSR count). The second kappa shape index (κ2) is 4.45. The minimum Gasteiger partial charge on any atom is -0.469 e. The number of carbonyl (C=O) groups is 1. The minimum atomic E-state index is -0.117. The third-order valence-corrected chi connectivity index (χ3v) is 2.66. The molecule has 3 heteroatoms. The minimum absolute atomic E-state index is 0.117. The van der Waals surface area contributed by atoms with Crippen LogP contribution in [0.5, 0.6) is 0 Å². The van der Waals surface area contributed by atoms with Gasteiger partial charge in [0.15, 0.2) is 0 Å². The van der Waals surface area contributed by atoms with Crippen LogP contribution in [0.25, 0.3) is 0 Å². The van der Waals surface area contributed by atoms with Crippen LogP contribution in [0.3, 0.4) is 0 Å². The van der Waals surface area contributed by atoms with E-state index in [9.17, 15) is 4.79 Å². The Morgan fingerprint density at radius 3 is 2.83 bits per heavy atom. The smallest absolute Gasteiger partial charge is 0.305 e. The van der Waals surface area contributed by atoms with Gasteiger partial charge in [-0.2, -0.15) is 0 Å². The van der Waals surface area contributed by atoms with Gasteiger partial charge in [-0.25, -0.2) is 0 Å². The summed E-state index contributed by atoms with van der Waals surface area (Å²) < 4.78 is 4.57. The summed E-state index contributed by atoms with van der Waals surface area (Å²) in [4.78, 5) is 10.8. The number of esters is 1. The fourth-order valence-corrected chi connectivity index (χ4v) is 1.83. The lowest BCUT2D eigenvalue weighted by Gasteiger charge is -2.13. The van der Waals surface area contributed by atoms with Crippen molar-refractivity contribution >= 4 is 5.97 Å². The van der Waals surface area contributed by atoms with Crippen molar-refractivity contribution in [3.05, 3.63) is 0 Å². The third-order valence-electron chi connectivity index (χ3n) is 2.66. The number of rotatable bonds is 3. The number of hydrogen-bond acceptors (Lipinski definition) is 3. The standard InChI is InChI=1S/C9H17NO2/c1-12-9(11)6-5-7-3-2-4-8(7)10/h7-8H,2-6,10H2,1H3/t7-,8+/m1/s1. The Morgan fingerprint density at radius 1 is 1.58 bits per heavy atom. The first-order valence-electron chi connectivity index (χ1n) is 4.56. The molecule has 1 saturated carbocycles. The molecule has 0 aromatic rings. The van der Waals surface area contributed by atoms with Crippen LogP contribution in [0.2, 0.25) is 0 Å². The molecule has 0 bridgehead atoms. The molecule has 0 aliphatic heterocycles. The summed E-state index contributed by atoms with van der Waals surface area (Å²) in [7, 11) is 1.43. The average molecular weight is 171 g/mol. The molecule has 0 aromatic carbocycles. The van der Waals surface area contributed by atoms with Gasteiger partial charge in [0.25, 0.3) is 0 Å². The Hall–Kier alpha value is -0.570. The first-order valence-corrected chi connectivity index (χ1v) is 4.56. The molecule has 1 fully saturated rings. The van der Waals surface area contributed by atoms with Crippen molar-refractivity contribution < 1.29 is 9.53 Å².